The first kappa shape index (κ1) is 21.6. The molecule has 0 bridgehead atoms. The van der Waals surface area contributed by atoms with E-state index in [0.717, 1.165) is 0 Å². The van der Waals surface area contributed by atoms with Gasteiger partial charge in [-0.15, -0.1) is 0 Å². The summed E-state index contributed by atoms with van der Waals surface area (Å²) in [6.45, 7) is 6.86. The fourth-order valence-corrected chi connectivity index (χ4v) is 5.02. The van der Waals surface area contributed by atoms with Crippen LogP contribution in [0.4, 0.5) is 0 Å². The molecule has 0 aliphatic carbocycles. The van der Waals surface area contributed by atoms with Crippen molar-refractivity contribution in [1.29, 1.82) is 0 Å². The van der Waals surface area contributed by atoms with E-state index in [1.165, 1.54) is 0 Å². The first-order chi connectivity index (χ1) is 10.4. The van der Waals surface area contributed by atoms with Crippen LogP contribution in [-0.2, 0) is 13.8 Å². The second-order valence-corrected chi connectivity index (χ2v) is 9.74. The minimum atomic E-state index is -4.25. The van der Waals surface area contributed by atoms with Gasteiger partial charge in [0, 0.05) is 12.4 Å². The number of hydrogen-bond donors (Lipinski definition) is 3. The summed E-state index contributed by atoms with van der Waals surface area (Å²) in [5.74, 6) is 0. The highest BCUT2D eigenvalue weighted by molar-refractivity contribution is 9.09. The molecule has 1 saturated heterocycles. The minimum Gasteiger partial charge on any atom is -0.389 e. The van der Waals surface area contributed by atoms with Crippen LogP contribution in [0.15, 0.2) is 0 Å². The molecule has 1 unspecified atom stereocenters. The molecule has 0 aromatic rings. The Morgan fingerprint density at radius 3 is 2.17 bits per heavy atom. The Kier molecular flexibility index (Phi) is 7.38. The van der Waals surface area contributed by atoms with Gasteiger partial charge in [0.05, 0.1) is 22.6 Å². The van der Waals surface area contributed by atoms with Crippen molar-refractivity contribution >= 4 is 31.4 Å². The van der Waals surface area contributed by atoms with Crippen LogP contribution >= 0.6 is 23.5 Å². The van der Waals surface area contributed by atoms with Crippen LogP contribution in [-0.4, -0.2) is 56.9 Å². The molecule has 0 saturated carbocycles. The molecule has 0 amide bonds. The van der Waals surface area contributed by atoms with E-state index in [1.807, 2.05) is 14.8 Å². The predicted molar refractivity (Wildman–Crippen MR) is 95.7 cm³/mol. The Balaban J connectivity index is 2.92. The maximum Gasteiger partial charge on any atom is 0.359 e. The van der Waals surface area contributed by atoms with Crippen LogP contribution in [0.25, 0.3) is 0 Å². The standard InChI is InChI=1S/C14H29BBrO6P/c1-5-13(4,8-9-11(17)10(16)12(15)21-9)22-23(19,20)14(18,6-2)7-3/h9-12,17-18H,5-8,15H2,1-4H3,(H,19,20)/t9-,10-,11-,12-,13-/m1/s1. The highest BCUT2D eigenvalue weighted by atomic mass is 79.9. The summed E-state index contributed by atoms with van der Waals surface area (Å²) in [6, 6.07) is -0.153. The van der Waals surface area contributed by atoms with Crippen LogP contribution in [0.2, 0.25) is 0 Å². The highest BCUT2D eigenvalue weighted by Crippen LogP contribution is 2.60. The third-order valence-electron chi connectivity index (χ3n) is 4.93. The van der Waals surface area contributed by atoms with Gasteiger partial charge in [0.2, 0.25) is 0 Å². The molecule has 23 heavy (non-hydrogen) atoms. The highest BCUT2D eigenvalue weighted by Gasteiger charge is 2.50. The van der Waals surface area contributed by atoms with Gasteiger partial charge in [-0.25, -0.2) is 0 Å². The van der Waals surface area contributed by atoms with Crippen molar-refractivity contribution in [2.75, 3.05) is 0 Å². The minimum absolute atomic E-state index is 0.125. The van der Waals surface area contributed by atoms with Gasteiger partial charge in [-0.1, -0.05) is 36.7 Å². The fraction of sp³-hybridized carbons (Fsp3) is 1.00. The maximum absolute atomic E-state index is 12.6. The van der Waals surface area contributed by atoms with Gasteiger partial charge in [-0.05, 0) is 26.2 Å². The molecule has 0 aromatic heterocycles. The SMILES string of the molecule is B[C@@H]1O[C@H](C[C@@](C)(CC)OP(=O)(O)C(O)(CC)CC)[C@@H](O)[C@H]1Br. The summed E-state index contributed by atoms with van der Waals surface area (Å²) in [6.07, 6.45) is -0.232. The molecule has 1 aliphatic rings. The predicted octanol–water partition coefficient (Wildman–Crippen LogP) is 1.74. The summed E-state index contributed by atoms with van der Waals surface area (Å²) >= 11 is 3.39. The Morgan fingerprint density at radius 2 is 1.83 bits per heavy atom. The molecule has 0 spiro atoms. The van der Waals surface area contributed by atoms with E-state index in [4.69, 9.17) is 9.26 Å². The fourth-order valence-electron chi connectivity index (χ4n) is 2.79. The van der Waals surface area contributed by atoms with Crippen LogP contribution in [0, 0.1) is 0 Å². The van der Waals surface area contributed by atoms with E-state index >= 15 is 0 Å². The van der Waals surface area contributed by atoms with E-state index in [2.05, 4.69) is 15.9 Å². The summed E-state index contributed by atoms with van der Waals surface area (Å²) in [4.78, 5) is 10.1. The van der Waals surface area contributed by atoms with E-state index in [9.17, 15) is 19.7 Å². The van der Waals surface area contributed by atoms with E-state index < -0.39 is 30.7 Å². The lowest BCUT2D eigenvalue weighted by Gasteiger charge is -2.38. The normalized spacial score (nSPS) is 34.1. The summed E-state index contributed by atoms with van der Waals surface area (Å²) < 4.78 is 23.9. The lowest BCUT2D eigenvalue weighted by molar-refractivity contribution is -0.0441. The van der Waals surface area contributed by atoms with Crippen LogP contribution in [0.5, 0.6) is 0 Å². The largest absolute Gasteiger partial charge is 0.389 e. The van der Waals surface area contributed by atoms with E-state index in [-0.39, 0.29) is 30.1 Å². The average molecular weight is 415 g/mol. The summed E-state index contributed by atoms with van der Waals surface area (Å²) in [5.41, 5.74) is -0.981. The molecule has 3 N–H and O–H groups in total. The van der Waals surface area contributed by atoms with Crippen molar-refractivity contribution in [3.8, 4) is 0 Å². The Morgan fingerprint density at radius 1 is 1.30 bits per heavy atom. The number of aliphatic hydroxyl groups excluding tert-OH is 1. The van der Waals surface area contributed by atoms with Gasteiger partial charge in [-0.3, -0.25) is 4.57 Å². The maximum atomic E-state index is 12.6. The molecule has 1 rings (SSSR count). The number of halogens is 1. The summed E-state index contributed by atoms with van der Waals surface area (Å²) in [7, 11) is -2.40. The van der Waals surface area contributed by atoms with Crippen molar-refractivity contribution in [2.45, 2.75) is 87.4 Å². The van der Waals surface area contributed by atoms with Crippen molar-refractivity contribution in [1.82, 2.24) is 0 Å². The topological polar surface area (TPSA) is 96.2 Å². The second kappa shape index (κ2) is 7.86. The Hall–Kier alpha value is 0.575. The Labute approximate surface area is 148 Å². The smallest absolute Gasteiger partial charge is 0.359 e. The first-order valence-corrected chi connectivity index (χ1v) is 10.7. The van der Waals surface area contributed by atoms with Gasteiger partial charge in [0.1, 0.15) is 7.85 Å². The molecule has 1 fully saturated rings. The summed E-state index contributed by atoms with van der Waals surface area (Å²) in [5, 5.41) is 18.9. The third kappa shape index (κ3) is 4.60. The molecular weight excluding hydrogens is 386 g/mol. The molecule has 1 aliphatic heterocycles. The number of ether oxygens (including phenoxy) is 1. The average Bonchev–Trinajstić information content (AvgIpc) is 2.72. The number of alkyl halides is 1. The number of hydrogen-bond acceptors (Lipinski definition) is 5. The molecule has 0 radical (unpaired) electrons. The zero-order chi connectivity index (χ0) is 18.1. The van der Waals surface area contributed by atoms with Crippen LogP contribution in [0.1, 0.15) is 53.4 Å². The zero-order valence-electron chi connectivity index (χ0n) is 14.5. The molecule has 136 valence electrons. The van der Waals surface area contributed by atoms with Crippen molar-refractivity contribution in [3.63, 3.8) is 0 Å². The monoisotopic (exact) mass is 414 g/mol. The quantitative estimate of drug-likeness (QED) is 0.318. The van der Waals surface area contributed by atoms with Gasteiger partial charge in [-0.2, -0.15) is 0 Å². The van der Waals surface area contributed by atoms with Crippen molar-refractivity contribution in [2.24, 2.45) is 0 Å². The van der Waals surface area contributed by atoms with Gasteiger partial charge >= 0.3 is 7.60 Å². The van der Waals surface area contributed by atoms with Crippen molar-refractivity contribution in [3.05, 3.63) is 0 Å². The molecule has 9 heteroatoms. The zero-order valence-corrected chi connectivity index (χ0v) is 17.0. The van der Waals surface area contributed by atoms with E-state index in [0.29, 0.717) is 6.42 Å². The molecule has 6 atom stereocenters. The lowest BCUT2D eigenvalue weighted by Crippen LogP contribution is -2.40. The molecule has 6 nitrogen and oxygen atoms in total. The second-order valence-electron chi connectivity index (χ2n) is 6.62. The van der Waals surface area contributed by atoms with Crippen LogP contribution in [0.3, 0.4) is 0 Å². The number of aliphatic hydroxyl groups is 2. The van der Waals surface area contributed by atoms with Crippen LogP contribution < -0.4 is 0 Å². The molecule has 0 aromatic carbocycles. The van der Waals surface area contributed by atoms with E-state index in [1.54, 1.807) is 20.8 Å². The van der Waals surface area contributed by atoms with Gasteiger partial charge in [0.25, 0.3) is 0 Å². The Bertz CT molecular complexity index is 449. The molecular formula is C14H29BBrO6P. The van der Waals surface area contributed by atoms with Gasteiger partial charge in [0.15, 0.2) is 5.34 Å². The lowest BCUT2D eigenvalue weighted by atomic mass is 9.91. The molecule has 1 heterocycles. The van der Waals surface area contributed by atoms with Gasteiger partial charge < -0.3 is 24.4 Å². The number of rotatable bonds is 8. The van der Waals surface area contributed by atoms with Crippen molar-refractivity contribution < 1.29 is 28.9 Å². The first-order valence-electron chi connectivity index (χ1n) is 8.19. The third-order valence-corrected chi connectivity index (χ3v) is 8.59.